The van der Waals surface area contributed by atoms with Crippen molar-refractivity contribution >= 4 is 33.3 Å². The summed E-state index contributed by atoms with van der Waals surface area (Å²) < 4.78 is 16.2. The number of benzene rings is 1. The summed E-state index contributed by atoms with van der Waals surface area (Å²) in [6.07, 6.45) is 2.33. The Morgan fingerprint density at radius 3 is 2.31 bits per heavy atom. The molecule has 1 fully saturated rings. The molecular weight excluding hydrogens is 428 g/mol. The smallest absolute Gasteiger partial charge is 0.261 e. The fourth-order valence-electron chi connectivity index (χ4n) is 4.10. The zero-order chi connectivity index (χ0) is 22.8. The second-order valence-corrected chi connectivity index (χ2v) is 8.74. The number of aryl methyl sites for hydroxylation is 2. The molecule has 0 radical (unpaired) electrons. The number of rotatable bonds is 7. The van der Waals surface area contributed by atoms with Gasteiger partial charge in [0, 0.05) is 19.6 Å². The SMILES string of the molecule is COc1cc(CNC(=O)c2sc3nc(C)nc(N4CCCC4)c3c2C)cc(OC)c1OC. The Hall–Kier alpha value is -3.07. The van der Waals surface area contributed by atoms with Crippen molar-refractivity contribution in [1.29, 1.82) is 0 Å². The molecular formula is C23H28N4O4S. The van der Waals surface area contributed by atoms with Crippen molar-refractivity contribution in [3.05, 3.63) is 34.0 Å². The van der Waals surface area contributed by atoms with Crippen molar-refractivity contribution in [2.24, 2.45) is 0 Å². The van der Waals surface area contributed by atoms with Gasteiger partial charge >= 0.3 is 0 Å². The number of thiophene rings is 1. The maximum Gasteiger partial charge on any atom is 0.261 e. The van der Waals surface area contributed by atoms with Crippen LogP contribution in [0, 0.1) is 13.8 Å². The number of hydrogen-bond donors (Lipinski definition) is 1. The fourth-order valence-corrected chi connectivity index (χ4v) is 5.23. The van der Waals surface area contributed by atoms with Gasteiger partial charge in [0.15, 0.2) is 11.5 Å². The highest BCUT2D eigenvalue weighted by Crippen LogP contribution is 2.39. The molecule has 1 saturated heterocycles. The van der Waals surface area contributed by atoms with E-state index in [2.05, 4.69) is 15.2 Å². The zero-order valence-electron chi connectivity index (χ0n) is 19.1. The number of nitrogens with zero attached hydrogens (tertiary/aromatic N) is 3. The summed E-state index contributed by atoms with van der Waals surface area (Å²) in [4.78, 5) is 26.2. The summed E-state index contributed by atoms with van der Waals surface area (Å²) in [5.41, 5.74) is 1.77. The number of ether oxygens (including phenoxy) is 3. The summed E-state index contributed by atoms with van der Waals surface area (Å²) in [5.74, 6) is 3.16. The van der Waals surface area contributed by atoms with Crippen LogP contribution < -0.4 is 24.4 Å². The van der Waals surface area contributed by atoms with E-state index in [1.54, 1.807) is 21.3 Å². The van der Waals surface area contributed by atoms with E-state index in [0.717, 1.165) is 58.9 Å². The molecule has 170 valence electrons. The van der Waals surface area contributed by atoms with Gasteiger partial charge in [-0.3, -0.25) is 4.79 Å². The Morgan fingerprint density at radius 2 is 1.72 bits per heavy atom. The largest absolute Gasteiger partial charge is 0.493 e. The monoisotopic (exact) mass is 456 g/mol. The Balaban J connectivity index is 1.61. The molecule has 0 unspecified atom stereocenters. The fraction of sp³-hybridized carbons (Fsp3) is 0.435. The highest BCUT2D eigenvalue weighted by molar-refractivity contribution is 7.20. The molecule has 1 N–H and O–H groups in total. The van der Waals surface area contributed by atoms with Crippen LogP contribution >= 0.6 is 11.3 Å². The van der Waals surface area contributed by atoms with Gasteiger partial charge < -0.3 is 24.4 Å². The number of carbonyl (C=O) groups excluding carboxylic acids is 1. The normalized spacial score (nSPS) is 13.5. The van der Waals surface area contributed by atoms with Gasteiger partial charge in [-0.25, -0.2) is 9.97 Å². The molecule has 32 heavy (non-hydrogen) atoms. The predicted octanol–water partition coefficient (Wildman–Crippen LogP) is 3.86. The third-order valence-electron chi connectivity index (χ3n) is 5.67. The van der Waals surface area contributed by atoms with Crippen LogP contribution in [0.4, 0.5) is 5.82 Å². The molecule has 3 aromatic rings. The number of hydrogen-bond acceptors (Lipinski definition) is 8. The topological polar surface area (TPSA) is 85.8 Å². The Labute approximate surface area is 191 Å². The van der Waals surface area contributed by atoms with E-state index in [0.29, 0.717) is 28.7 Å². The van der Waals surface area contributed by atoms with Crippen molar-refractivity contribution in [1.82, 2.24) is 15.3 Å². The molecule has 3 heterocycles. The number of anilines is 1. The molecule has 8 nitrogen and oxygen atoms in total. The van der Waals surface area contributed by atoms with Gasteiger partial charge in [-0.1, -0.05) is 0 Å². The van der Waals surface area contributed by atoms with E-state index in [-0.39, 0.29) is 5.91 Å². The molecule has 1 aliphatic rings. The lowest BCUT2D eigenvalue weighted by molar-refractivity contribution is 0.0954. The quantitative estimate of drug-likeness (QED) is 0.578. The summed E-state index contributed by atoms with van der Waals surface area (Å²) in [6.45, 7) is 6.18. The van der Waals surface area contributed by atoms with E-state index in [4.69, 9.17) is 19.2 Å². The van der Waals surface area contributed by atoms with E-state index in [1.165, 1.54) is 11.3 Å². The summed E-state index contributed by atoms with van der Waals surface area (Å²) in [6, 6.07) is 3.67. The number of carbonyl (C=O) groups is 1. The van der Waals surface area contributed by atoms with Gasteiger partial charge in [-0.2, -0.15) is 0 Å². The lowest BCUT2D eigenvalue weighted by Crippen LogP contribution is -2.23. The molecule has 9 heteroatoms. The van der Waals surface area contributed by atoms with Gasteiger partial charge in [-0.05, 0) is 49.9 Å². The average molecular weight is 457 g/mol. The van der Waals surface area contributed by atoms with Crippen LogP contribution in [0.25, 0.3) is 10.2 Å². The van der Waals surface area contributed by atoms with Crippen molar-refractivity contribution in [3.8, 4) is 17.2 Å². The third-order valence-corrected chi connectivity index (χ3v) is 6.86. The predicted molar refractivity (Wildman–Crippen MR) is 126 cm³/mol. The number of aromatic nitrogens is 2. The molecule has 0 aliphatic carbocycles. The van der Waals surface area contributed by atoms with Crippen molar-refractivity contribution in [2.45, 2.75) is 33.2 Å². The molecule has 2 aromatic heterocycles. The summed E-state index contributed by atoms with van der Waals surface area (Å²) in [7, 11) is 4.70. The van der Waals surface area contributed by atoms with Gasteiger partial charge in [0.1, 0.15) is 16.5 Å². The second-order valence-electron chi connectivity index (χ2n) is 7.74. The Morgan fingerprint density at radius 1 is 1.06 bits per heavy atom. The number of nitrogens with one attached hydrogen (secondary N) is 1. The standard InChI is InChI=1S/C23H28N4O4S/c1-13-18-21(27-8-6-7-9-27)25-14(2)26-23(18)32-20(13)22(28)24-12-15-10-16(29-3)19(31-5)17(11-15)30-4/h10-11H,6-9,12H2,1-5H3,(H,24,28). The van der Waals surface area contributed by atoms with Gasteiger partial charge in [0.25, 0.3) is 5.91 Å². The van der Waals surface area contributed by atoms with Crippen LogP contribution in [-0.2, 0) is 6.54 Å². The number of methoxy groups -OCH3 is 3. The van der Waals surface area contributed by atoms with Crippen LogP contribution in [-0.4, -0.2) is 50.3 Å². The highest BCUT2D eigenvalue weighted by Gasteiger charge is 2.24. The molecule has 0 saturated carbocycles. The minimum Gasteiger partial charge on any atom is -0.493 e. The third kappa shape index (κ3) is 4.04. The number of amides is 1. The van der Waals surface area contributed by atoms with E-state index in [9.17, 15) is 4.79 Å². The average Bonchev–Trinajstić information content (AvgIpc) is 3.44. The first kappa shape index (κ1) is 22.1. The molecule has 0 atom stereocenters. The Bertz CT molecular complexity index is 1130. The van der Waals surface area contributed by atoms with Crippen LogP contribution in [0.3, 0.4) is 0 Å². The van der Waals surface area contributed by atoms with Crippen LogP contribution in [0.5, 0.6) is 17.2 Å². The lowest BCUT2D eigenvalue weighted by Gasteiger charge is -2.18. The Kier molecular flexibility index (Phi) is 6.36. The first-order valence-electron chi connectivity index (χ1n) is 10.6. The molecule has 1 aliphatic heterocycles. The van der Waals surface area contributed by atoms with E-state index in [1.807, 2.05) is 26.0 Å². The van der Waals surface area contributed by atoms with Crippen molar-refractivity contribution in [2.75, 3.05) is 39.3 Å². The minimum absolute atomic E-state index is 0.135. The molecule has 4 rings (SSSR count). The van der Waals surface area contributed by atoms with Crippen LogP contribution in [0.15, 0.2) is 12.1 Å². The summed E-state index contributed by atoms with van der Waals surface area (Å²) >= 11 is 1.42. The first-order chi connectivity index (χ1) is 15.5. The van der Waals surface area contributed by atoms with Crippen LogP contribution in [0.1, 0.15) is 39.5 Å². The van der Waals surface area contributed by atoms with E-state index >= 15 is 0 Å². The molecule has 1 amide bonds. The maximum absolute atomic E-state index is 13.1. The maximum atomic E-state index is 13.1. The first-order valence-corrected chi connectivity index (χ1v) is 11.4. The van der Waals surface area contributed by atoms with Crippen molar-refractivity contribution < 1.29 is 19.0 Å². The van der Waals surface area contributed by atoms with Crippen LogP contribution in [0.2, 0.25) is 0 Å². The minimum atomic E-state index is -0.135. The molecule has 0 spiro atoms. The van der Waals surface area contributed by atoms with Gasteiger partial charge in [0.2, 0.25) is 5.75 Å². The highest BCUT2D eigenvalue weighted by atomic mass is 32.1. The van der Waals surface area contributed by atoms with Gasteiger partial charge in [0.05, 0.1) is 31.6 Å². The van der Waals surface area contributed by atoms with Gasteiger partial charge in [-0.15, -0.1) is 11.3 Å². The zero-order valence-corrected chi connectivity index (χ0v) is 19.9. The molecule has 1 aromatic carbocycles. The van der Waals surface area contributed by atoms with Crippen molar-refractivity contribution in [3.63, 3.8) is 0 Å². The van der Waals surface area contributed by atoms with E-state index < -0.39 is 0 Å². The number of fused-ring (bicyclic) bond motifs is 1. The molecule has 0 bridgehead atoms. The second kappa shape index (κ2) is 9.20. The lowest BCUT2D eigenvalue weighted by atomic mass is 10.1. The summed E-state index contributed by atoms with van der Waals surface area (Å²) in [5, 5.41) is 4.01.